The lowest BCUT2D eigenvalue weighted by molar-refractivity contribution is -0.385. The lowest BCUT2D eigenvalue weighted by Crippen LogP contribution is -2.18. The van der Waals surface area contributed by atoms with Crippen molar-refractivity contribution < 1.29 is 9.31 Å². The normalized spacial score (nSPS) is 12.4. The quantitative estimate of drug-likeness (QED) is 0.471. The van der Waals surface area contributed by atoms with Crippen LogP contribution in [0.15, 0.2) is 18.2 Å². The van der Waals surface area contributed by atoms with Crippen molar-refractivity contribution in [2.24, 2.45) is 0 Å². The first-order valence-corrected chi connectivity index (χ1v) is 6.99. The monoisotopic (exact) mass is 272 g/mol. The Morgan fingerprint density at radius 2 is 2.28 bits per heavy atom. The Labute approximate surface area is 110 Å². The summed E-state index contributed by atoms with van der Waals surface area (Å²) in [4.78, 5) is 10.3. The SMILES string of the molecule is CSC(C)CCNCc1cc(F)ccc1[N+](=O)[O-]. The van der Waals surface area contributed by atoms with Gasteiger partial charge in [-0.1, -0.05) is 6.92 Å². The van der Waals surface area contributed by atoms with Gasteiger partial charge in [0.15, 0.2) is 0 Å². The second kappa shape index (κ2) is 7.33. The molecule has 0 bridgehead atoms. The van der Waals surface area contributed by atoms with Crippen molar-refractivity contribution in [3.05, 3.63) is 39.7 Å². The molecular weight excluding hydrogens is 255 g/mol. The molecule has 0 aliphatic heterocycles. The molecule has 0 fully saturated rings. The van der Waals surface area contributed by atoms with Crippen LogP contribution in [0.3, 0.4) is 0 Å². The molecule has 1 N–H and O–H groups in total. The summed E-state index contributed by atoms with van der Waals surface area (Å²) in [6, 6.07) is 3.53. The van der Waals surface area contributed by atoms with Gasteiger partial charge in [-0.3, -0.25) is 10.1 Å². The van der Waals surface area contributed by atoms with Crippen LogP contribution in [-0.2, 0) is 6.54 Å². The molecule has 1 aromatic carbocycles. The van der Waals surface area contributed by atoms with Crippen LogP contribution in [0.4, 0.5) is 10.1 Å². The molecule has 1 rings (SSSR count). The van der Waals surface area contributed by atoms with Crippen molar-refractivity contribution >= 4 is 17.4 Å². The number of nitro benzene ring substituents is 1. The molecule has 0 aliphatic carbocycles. The summed E-state index contributed by atoms with van der Waals surface area (Å²) in [6.45, 7) is 3.20. The van der Waals surface area contributed by atoms with E-state index >= 15 is 0 Å². The lowest BCUT2D eigenvalue weighted by Gasteiger charge is -2.09. The molecule has 0 spiro atoms. The summed E-state index contributed by atoms with van der Waals surface area (Å²) in [5, 5.41) is 14.4. The maximum Gasteiger partial charge on any atom is 0.274 e. The van der Waals surface area contributed by atoms with Crippen LogP contribution in [0.2, 0.25) is 0 Å². The summed E-state index contributed by atoms with van der Waals surface area (Å²) in [7, 11) is 0. The fourth-order valence-electron chi connectivity index (χ4n) is 1.52. The van der Waals surface area contributed by atoms with Gasteiger partial charge in [-0.05, 0) is 31.4 Å². The zero-order valence-electron chi connectivity index (χ0n) is 10.5. The van der Waals surface area contributed by atoms with Gasteiger partial charge in [-0.15, -0.1) is 0 Å². The van der Waals surface area contributed by atoms with Crippen molar-refractivity contribution in [1.82, 2.24) is 5.32 Å². The number of nitrogens with zero attached hydrogens (tertiary/aromatic N) is 1. The van der Waals surface area contributed by atoms with Crippen LogP contribution in [-0.4, -0.2) is 23.0 Å². The Kier molecular flexibility index (Phi) is 6.07. The minimum Gasteiger partial charge on any atom is -0.312 e. The van der Waals surface area contributed by atoms with Crippen molar-refractivity contribution in [3.63, 3.8) is 0 Å². The maximum absolute atomic E-state index is 13.0. The van der Waals surface area contributed by atoms with E-state index in [1.54, 1.807) is 11.8 Å². The number of benzene rings is 1. The predicted molar refractivity (Wildman–Crippen MR) is 72.4 cm³/mol. The van der Waals surface area contributed by atoms with Gasteiger partial charge in [0.1, 0.15) is 5.82 Å². The second-order valence-corrected chi connectivity index (χ2v) is 5.32. The first-order chi connectivity index (χ1) is 8.54. The van der Waals surface area contributed by atoms with Crippen molar-refractivity contribution in [2.75, 3.05) is 12.8 Å². The molecule has 0 saturated carbocycles. The number of hydrogen-bond acceptors (Lipinski definition) is 4. The summed E-state index contributed by atoms with van der Waals surface area (Å²) in [5.74, 6) is -0.449. The Morgan fingerprint density at radius 3 is 2.89 bits per heavy atom. The molecule has 1 unspecified atom stereocenters. The largest absolute Gasteiger partial charge is 0.312 e. The number of hydrogen-bond donors (Lipinski definition) is 1. The van der Waals surface area contributed by atoms with E-state index in [0.29, 0.717) is 17.4 Å². The van der Waals surface area contributed by atoms with Gasteiger partial charge >= 0.3 is 0 Å². The Balaban J connectivity index is 2.55. The van der Waals surface area contributed by atoms with Crippen molar-refractivity contribution in [3.8, 4) is 0 Å². The molecule has 4 nitrogen and oxygen atoms in total. The Bertz CT molecular complexity index is 415. The van der Waals surface area contributed by atoms with E-state index < -0.39 is 10.7 Å². The third-order valence-corrected chi connectivity index (χ3v) is 3.72. The standard InChI is InChI=1S/C12H17FN2O2S/c1-9(18-2)5-6-14-8-10-7-11(13)3-4-12(10)15(16)17/h3-4,7,9,14H,5-6,8H2,1-2H3. The van der Waals surface area contributed by atoms with Gasteiger partial charge in [0.25, 0.3) is 5.69 Å². The lowest BCUT2D eigenvalue weighted by atomic mass is 10.1. The summed E-state index contributed by atoms with van der Waals surface area (Å²) >= 11 is 1.77. The molecule has 1 atom stereocenters. The molecule has 6 heteroatoms. The predicted octanol–water partition coefficient (Wildman–Crippen LogP) is 2.97. The van der Waals surface area contributed by atoms with E-state index in [4.69, 9.17) is 0 Å². The van der Waals surface area contributed by atoms with Crippen LogP contribution in [0.25, 0.3) is 0 Å². The minimum atomic E-state index is -0.485. The van der Waals surface area contributed by atoms with Gasteiger partial charge in [0.2, 0.25) is 0 Å². The maximum atomic E-state index is 13.0. The van der Waals surface area contributed by atoms with Crippen LogP contribution in [0.1, 0.15) is 18.9 Å². The second-order valence-electron chi connectivity index (χ2n) is 4.04. The number of nitro groups is 1. The van der Waals surface area contributed by atoms with Gasteiger partial charge in [-0.2, -0.15) is 11.8 Å². The number of halogens is 1. The van der Waals surface area contributed by atoms with E-state index in [-0.39, 0.29) is 5.69 Å². The molecule has 0 aliphatic rings. The molecular formula is C12H17FN2O2S. The average molecular weight is 272 g/mol. The van der Waals surface area contributed by atoms with Gasteiger partial charge < -0.3 is 5.32 Å². The zero-order chi connectivity index (χ0) is 13.5. The number of thioether (sulfide) groups is 1. The summed E-state index contributed by atoms with van der Waals surface area (Å²) < 4.78 is 13.0. The first-order valence-electron chi connectivity index (χ1n) is 5.71. The molecule has 0 heterocycles. The van der Waals surface area contributed by atoms with Crippen LogP contribution >= 0.6 is 11.8 Å². The Morgan fingerprint density at radius 1 is 1.56 bits per heavy atom. The van der Waals surface area contributed by atoms with Crippen LogP contribution in [0.5, 0.6) is 0 Å². The van der Waals surface area contributed by atoms with E-state index in [1.807, 2.05) is 6.26 Å². The molecule has 0 aromatic heterocycles. The number of rotatable bonds is 7. The van der Waals surface area contributed by atoms with Crippen molar-refractivity contribution in [2.45, 2.75) is 25.1 Å². The van der Waals surface area contributed by atoms with Gasteiger partial charge in [0, 0.05) is 23.4 Å². The number of nitrogens with one attached hydrogen (secondary N) is 1. The summed E-state index contributed by atoms with van der Waals surface area (Å²) in [5.41, 5.74) is 0.346. The molecule has 18 heavy (non-hydrogen) atoms. The Hall–Kier alpha value is -1.14. The van der Waals surface area contributed by atoms with Gasteiger partial charge in [-0.25, -0.2) is 4.39 Å². The molecule has 0 radical (unpaired) electrons. The van der Waals surface area contributed by atoms with E-state index in [9.17, 15) is 14.5 Å². The highest BCUT2D eigenvalue weighted by Gasteiger charge is 2.13. The molecule has 0 saturated heterocycles. The minimum absolute atomic E-state index is 0.0400. The third kappa shape index (κ3) is 4.62. The first kappa shape index (κ1) is 14.9. The highest BCUT2D eigenvalue weighted by molar-refractivity contribution is 7.99. The molecule has 0 amide bonds. The average Bonchev–Trinajstić information content (AvgIpc) is 2.34. The summed E-state index contributed by atoms with van der Waals surface area (Å²) in [6.07, 6.45) is 3.02. The highest BCUT2D eigenvalue weighted by atomic mass is 32.2. The fourth-order valence-corrected chi connectivity index (χ4v) is 1.87. The smallest absolute Gasteiger partial charge is 0.274 e. The van der Waals surface area contributed by atoms with Crippen LogP contribution < -0.4 is 5.32 Å². The fraction of sp³-hybridized carbons (Fsp3) is 0.500. The van der Waals surface area contributed by atoms with E-state index in [2.05, 4.69) is 12.2 Å². The van der Waals surface area contributed by atoms with E-state index in [0.717, 1.165) is 19.0 Å². The molecule has 1 aromatic rings. The van der Waals surface area contributed by atoms with Gasteiger partial charge in [0.05, 0.1) is 4.92 Å². The molecule has 100 valence electrons. The highest BCUT2D eigenvalue weighted by Crippen LogP contribution is 2.19. The topological polar surface area (TPSA) is 55.2 Å². The van der Waals surface area contributed by atoms with E-state index in [1.165, 1.54) is 12.1 Å². The van der Waals surface area contributed by atoms with Crippen molar-refractivity contribution in [1.29, 1.82) is 0 Å². The third-order valence-electron chi connectivity index (χ3n) is 2.68. The zero-order valence-corrected chi connectivity index (χ0v) is 11.3. The van der Waals surface area contributed by atoms with Crippen LogP contribution in [0, 0.1) is 15.9 Å².